The lowest BCUT2D eigenvalue weighted by molar-refractivity contribution is 0.559. The van der Waals surface area contributed by atoms with Crippen LogP contribution in [0.2, 0.25) is 0 Å². The van der Waals surface area contributed by atoms with Crippen LogP contribution in [0.25, 0.3) is 11.1 Å². The first kappa shape index (κ1) is 8.38. The van der Waals surface area contributed by atoms with Crippen LogP contribution >= 0.6 is 11.3 Å². The predicted octanol–water partition coefficient (Wildman–Crippen LogP) is 3.01. The Kier molecular flexibility index (Phi) is 1.88. The van der Waals surface area contributed by atoms with Crippen LogP contribution in [0, 0.1) is 20.1 Å². The fraction of sp³-hybridized carbons (Fsp3) is 0.200. The van der Waals surface area contributed by atoms with Crippen molar-refractivity contribution in [2.24, 2.45) is 0 Å². The quantitative estimate of drug-likeness (QED) is 0.754. The van der Waals surface area contributed by atoms with Gasteiger partial charge in [-0.15, -0.1) is 11.3 Å². The van der Waals surface area contributed by atoms with E-state index >= 15 is 0 Å². The number of hydrogen-bond acceptors (Lipinski definition) is 3. The van der Waals surface area contributed by atoms with E-state index in [9.17, 15) is 0 Å². The van der Waals surface area contributed by atoms with Gasteiger partial charge in [-0.25, -0.2) is 0 Å². The lowest BCUT2D eigenvalue weighted by Crippen LogP contribution is -1.83. The summed E-state index contributed by atoms with van der Waals surface area (Å²) in [6, 6.07) is 1.88. The van der Waals surface area contributed by atoms with Gasteiger partial charge in [-0.3, -0.25) is 0 Å². The molecule has 2 rings (SSSR count). The molecule has 0 aromatic carbocycles. The Labute approximate surface area is 81.0 Å². The summed E-state index contributed by atoms with van der Waals surface area (Å²) >= 11 is 1.61. The molecule has 1 radical (unpaired) electrons. The lowest BCUT2D eigenvalue weighted by Gasteiger charge is -1.96. The number of furan rings is 1. The molecule has 0 aliphatic heterocycles. The number of aryl methyl sites for hydroxylation is 1. The van der Waals surface area contributed by atoms with E-state index in [1.54, 1.807) is 17.6 Å². The average Bonchev–Trinajstić information content (AvgIpc) is 2.63. The summed E-state index contributed by atoms with van der Waals surface area (Å²) in [4.78, 5) is 1.25. The minimum atomic E-state index is 0.840. The molecule has 2 nitrogen and oxygen atoms in total. The molecule has 2 aromatic heterocycles. The molecule has 67 valence electrons. The Morgan fingerprint density at radius 1 is 1.46 bits per heavy atom. The molecule has 0 aliphatic carbocycles. The Bertz CT molecular complexity index is 414. The summed E-state index contributed by atoms with van der Waals surface area (Å²) in [5.41, 5.74) is 9.12. The van der Waals surface area contributed by atoms with Crippen LogP contribution in [-0.2, 0) is 0 Å². The number of nitrogens with two attached hydrogens (primary N) is 1. The molecule has 3 heteroatoms. The van der Waals surface area contributed by atoms with Crippen molar-refractivity contribution in [3.63, 3.8) is 0 Å². The van der Waals surface area contributed by atoms with E-state index < -0.39 is 0 Å². The van der Waals surface area contributed by atoms with Crippen molar-refractivity contribution in [1.29, 1.82) is 0 Å². The number of anilines is 1. The van der Waals surface area contributed by atoms with Crippen molar-refractivity contribution in [2.75, 3.05) is 5.73 Å². The topological polar surface area (TPSA) is 39.2 Å². The average molecular weight is 192 g/mol. The first-order chi connectivity index (χ1) is 6.20. The molecule has 0 bridgehead atoms. The van der Waals surface area contributed by atoms with Gasteiger partial charge in [0.15, 0.2) is 6.26 Å². The van der Waals surface area contributed by atoms with E-state index in [0.29, 0.717) is 0 Å². The summed E-state index contributed by atoms with van der Waals surface area (Å²) in [6.45, 7) is 4.14. The first-order valence-electron chi connectivity index (χ1n) is 4.01. The molecule has 0 fully saturated rings. The van der Waals surface area contributed by atoms with Crippen molar-refractivity contribution in [3.05, 3.63) is 29.0 Å². The van der Waals surface area contributed by atoms with Crippen LogP contribution in [-0.4, -0.2) is 0 Å². The van der Waals surface area contributed by atoms with E-state index in [-0.39, 0.29) is 0 Å². The summed E-state index contributed by atoms with van der Waals surface area (Å²) in [7, 11) is 0. The Hall–Kier alpha value is -1.22. The van der Waals surface area contributed by atoms with Gasteiger partial charge in [-0.2, -0.15) is 0 Å². The maximum atomic E-state index is 5.89. The van der Waals surface area contributed by atoms with Crippen molar-refractivity contribution in [2.45, 2.75) is 13.8 Å². The van der Waals surface area contributed by atoms with Gasteiger partial charge in [0.2, 0.25) is 0 Å². The molecule has 2 aromatic rings. The molecule has 13 heavy (non-hydrogen) atoms. The maximum absolute atomic E-state index is 5.89. The van der Waals surface area contributed by atoms with Crippen LogP contribution in [0.1, 0.15) is 10.4 Å². The van der Waals surface area contributed by atoms with Crippen molar-refractivity contribution < 1.29 is 4.42 Å². The molecule has 0 aliphatic rings. The van der Waals surface area contributed by atoms with Gasteiger partial charge in [0.25, 0.3) is 0 Å². The van der Waals surface area contributed by atoms with Gasteiger partial charge in [0.05, 0.1) is 11.3 Å². The third-order valence-corrected chi connectivity index (χ3v) is 3.19. The minimum absolute atomic E-state index is 0.840. The second-order valence-electron chi connectivity index (χ2n) is 2.96. The van der Waals surface area contributed by atoms with Gasteiger partial charge >= 0.3 is 0 Å². The zero-order chi connectivity index (χ0) is 9.42. The van der Waals surface area contributed by atoms with Crippen LogP contribution in [0.5, 0.6) is 0 Å². The monoisotopic (exact) mass is 192 g/mol. The number of rotatable bonds is 1. The van der Waals surface area contributed by atoms with E-state index in [4.69, 9.17) is 10.2 Å². The standard InChI is InChI=1S/C10H10NOS/c1-6-7(2)13-10(11)9(6)8-3-4-12-5-8/h3-4H,11H2,1-2H3. The summed E-state index contributed by atoms with van der Waals surface area (Å²) in [5.74, 6) is 0. The number of nitrogen functional groups attached to an aromatic ring is 1. The van der Waals surface area contributed by atoms with Crippen LogP contribution < -0.4 is 5.73 Å². The second-order valence-corrected chi connectivity index (χ2v) is 4.22. The number of thiophene rings is 1. The lowest BCUT2D eigenvalue weighted by atomic mass is 10.1. The minimum Gasteiger partial charge on any atom is -0.460 e. The van der Waals surface area contributed by atoms with E-state index in [1.165, 1.54) is 10.4 Å². The van der Waals surface area contributed by atoms with Gasteiger partial charge in [-0.05, 0) is 25.5 Å². The normalized spacial score (nSPS) is 10.6. The largest absolute Gasteiger partial charge is 0.460 e. The predicted molar refractivity (Wildman–Crippen MR) is 54.7 cm³/mol. The Balaban J connectivity index is 2.64. The summed E-state index contributed by atoms with van der Waals surface area (Å²) in [6.07, 6.45) is 4.41. The fourth-order valence-electron chi connectivity index (χ4n) is 1.36. The fourth-order valence-corrected chi connectivity index (χ4v) is 2.31. The first-order valence-corrected chi connectivity index (χ1v) is 4.83. The Morgan fingerprint density at radius 3 is 2.69 bits per heavy atom. The zero-order valence-corrected chi connectivity index (χ0v) is 8.37. The molecule has 0 saturated heterocycles. The van der Waals surface area contributed by atoms with Crippen LogP contribution in [0.4, 0.5) is 5.00 Å². The second kappa shape index (κ2) is 2.92. The molecule has 0 atom stereocenters. The van der Waals surface area contributed by atoms with Crippen LogP contribution in [0.3, 0.4) is 0 Å². The zero-order valence-electron chi connectivity index (χ0n) is 7.55. The molecular formula is C10H10NOS. The smallest absolute Gasteiger partial charge is 0.177 e. The summed E-state index contributed by atoms with van der Waals surface area (Å²) in [5, 5.41) is 0.840. The molecule has 2 N–H and O–H groups in total. The third kappa shape index (κ3) is 1.25. The number of hydrogen-bond donors (Lipinski definition) is 1. The van der Waals surface area contributed by atoms with Crippen LogP contribution in [0.15, 0.2) is 16.7 Å². The molecule has 0 amide bonds. The van der Waals surface area contributed by atoms with Crippen molar-refractivity contribution >= 4 is 16.3 Å². The van der Waals surface area contributed by atoms with Gasteiger partial charge < -0.3 is 10.2 Å². The highest BCUT2D eigenvalue weighted by Crippen LogP contribution is 2.37. The molecular weight excluding hydrogens is 182 g/mol. The van der Waals surface area contributed by atoms with Gasteiger partial charge in [0, 0.05) is 16.0 Å². The highest BCUT2D eigenvalue weighted by atomic mass is 32.1. The van der Waals surface area contributed by atoms with E-state index in [0.717, 1.165) is 16.1 Å². The molecule has 2 heterocycles. The Morgan fingerprint density at radius 2 is 2.23 bits per heavy atom. The maximum Gasteiger partial charge on any atom is 0.177 e. The van der Waals surface area contributed by atoms with Gasteiger partial charge in [-0.1, -0.05) is 0 Å². The highest BCUT2D eigenvalue weighted by molar-refractivity contribution is 7.16. The highest BCUT2D eigenvalue weighted by Gasteiger charge is 2.12. The molecule has 0 unspecified atom stereocenters. The van der Waals surface area contributed by atoms with E-state index in [1.807, 2.05) is 6.07 Å². The molecule has 0 spiro atoms. The molecule has 0 saturated carbocycles. The van der Waals surface area contributed by atoms with E-state index in [2.05, 4.69) is 20.1 Å². The SMILES string of the molecule is Cc1sc(N)c(-c2[c]occ2)c1C. The van der Waals surface area contributed by atoms with Gasteiger partial charge in [0.1, 0.15) is 0 Å². The van der Waals surface area contributed by atoms with Crippen molar-refractivity contribution in [3.8, 4) is 11.1 Å². The summed E-state index contributed by atoms with van der Waals surface area (Å²) < 4.78 is 4.91. The van der Waals surface area contributed by atoms with Crippen molar-refractivity contribution in [1.82, 2.24) is 0 Å². The third-order valence-electron chi connectivity index (χ3n) is 2.15.